The molecule has 0 saturated heterocycles. The van der Waals surface area contributed by atoms with Gasteiger partial charge in [-0.1, -0.05) is 36.8 Å². The number of thiazole rings is 1. The number of fused-ring (bicyclic) bond motifs is 1. The molecule has 23 heavy (non-hydrogen) atoms. The van der Waals surface area contributed by atoms with Crippen LogP contribution in [-0.4, -0.2) is 16.7 Å². The van der Waals surface area contributed by atoms with Gasteiger partial charge >= 0.3 is 0 Å². The summed E-state index contributed by atoms with van der Waals surface area (Å²) in [5.74, 6) is -0.285. The number of carbonyl (C=O) groups is 2. The first-order chi connectivity index (χ1) is 10.7. The van der Waals surface area contributed by atoms with Crippen molar-refractivity contribution in [2.45, 2.75) is 26.7 Å². The number of nitrogen functional groups attached to an aromatic ring is 1. The van der Waals surface area contributed by atoms with Gasteiger partial charge < -0.3 is 5.73 Å². The van der Waals surface area contributed by atoms with Crippen molar-refractivity contribution >= 4 is 45.4 Å². The number of anilines is 2. The lowest BCUT2D eigenvalue weighted by Crippen LogP contribution is -2.26. The molecule has 0 saturated carbocycles. The van der Waals surface area contributed by atoms with E-state index < -0.39 is 0 Å². The first kappa shape index (κ1) is 16.0. The largest absolute Gasteiger partial charge is 0.399 e. The third kappa shape index (κ3) is 3.23. The highest BCUT2D eigenvalue weighted by atomic mass is 35.5. The average Bonchev–Trinajstić information content (AvgIpc) is 2.79. The maximum Gasteiger partial charge on any atom is 0.258 e. The van der Waals surface area contributed by atoms with Crippen LogP contribution in [-0.2, 0) is 6.42 Å². The lowest BCUT2D eigenvalue weighted by Gasteiger charge is -2.26. The van der Waals surface area contributed by atoms with Crippen molar-refractivity contribution < 1.29 is 9.59 Å². The zero-order valence-electron chi connectivity index (χ0n) is 12.8. The first-order valence-electron chi connectivity index (χ1n) is 7.14. The van der Waals surface area contributed by atoms with Crippen molar-refractivity contribution in [3.8, 4) is 0 Å². The van der Waals surface area contributed by atoms with E-state index in [0.717, 1.165) is 12.1 Å². The van der Waals surface area contributed by atoms with Gasteiger partial charge in [-0.2, -0.15) is 0 Å². The number of ketones is 1. The number of hydrogen-bond donors (Lipinski definition) is 2. The Labute approximate surface area is 142 Å². The summed E-state index contributed by atoms with van der Waals surface area (Å²) < 4.78 is 0. The van der Waals surface area contributed by atoms with Crippen LogP contribution in [0.5, 0.6) is 0 Å². The van der Waals surface area contributed by atoms with Crippen LogP contribution in [0, 0.1) is 5.41 Å². The minimum Gasteiger partial charge on any atom is -0.399 e. The number of benzene rings is 1. The normalized spacial score (nSPS) is 16.0. The number of nitrogens with one attached hydrogen (secondary N) is 1. The van der Waals surface area contributed by atoms with Crippen LogP contribution in [0.25, 0.3) is 0 Å². The highest BCUT2D eigenvalue weighted by molar-refractivity contribution is 7.17. The summed E-state index contributed by atoms with van der Waals surface area (Å²) in [5, 5.41) is 3.41. The number of hydrogen-bond acceptors (Lipinski definition) is 5. The Hall–Kier alpha value is -1.92. The van der Waals surface area contributed by atoms with Crippen LogP contribution in [0.4, 0.5) is 10.8 Å². The lowest BCUT2D eigenvalue weighted by molar-refractivity contribution is 0.0915. The van der Waals surface area contributed by atoms with E-state index in [1.807, 2.05) is 13.8 Å². The molecule has 0 fully saturated rings. The van der Waals surface area contributed by atoms with Gasteiger partial charge in [0, 0.05) is 12.1 Å². The highest BCUT2D eigenvalue weighted by Crippen LogP contribution is 2.38. The number of Topliss-reactive ketones (excluding diaryl/α,β-unsaturated/α-hetero) is 1. The number of amides is 1. The third-order valence-electron chi connectivity index (χ3n) is 3.69. The molecule has 1 aliphatic carbocycles. The summed E-state index contributed by atoms with van der Waals surface area (Å²) in [6.07, 6.45) is 1.22. The van der Waals surface area contributed by atoms with Gasteiger partial charge in [-0.25, -0.2) is 4.98 Å². The van der Waals surface area contributed by atoms with E-state index in [1.165, 1.54) is 17.4 Å². The van der Waals surface area contributed by atoms with E-state index in [4.69, 9.17) is 17.3 Å². The fraction of sp³-hybridized carbons (Fsp3) is 0.312. The first-order valence-corrected chi connectivity index (χ1v) is 8.34. The van der Waals surface area contributed by atoms with Gasteiger partial charge in [0.05, 0.1) is 21.2 Å². The summed E-state index contributed by atoms with van der Waals surface area (Å²) in [6, 6.07) is 4.70. The second-order valence-electron chi connectivity index (χ2n) is 6.43. The van der Waals surface area contributed by atoms with E-state index in [-0.39, 0.29) is 22.1 Å². The minimum atomic E-state index is -0.368. The van der Waals surface area contributed by atoms with Crippen molar-refractivity contribution in [1.82, 2.24) is 4.98 Å². The number of carbonyl (C=O) groups excluding carboxylic acids is 2. The van der Waals surface area contributed by atoms with Crippen molar-refractivity contribution in [3.63, 3.8) is 0 Å². The van der Waals surface area contributed by atoms with Crippen molar-refractivity contribution in [2.24, 2.45) is 5.41 Å². The molecule has 120 valence electrons. The fourth-order valence-electron chi connectivity index (χ4n) is 2.65. The maximum absolute atomic E-state index is 12.3. The van der Waals surface area contributed by atoms with Crippen molar-refractivity contribution in [3.05, 3.63) is 39.4 Å². The molecule has 0 unspecified atom stereocenters. The van der Waals surface area contributed by atoms with Gasteiger partial charge in [0.1, 0.15) is 0 Å². The second-order valence-corrected chi connectivity index (χ2v) is 7.84. The molecule has 5 nitrogen and oxygen atoms in total. The lowest BCUT2D eigenvalue weighted by atomic mass is 9.78. The zero-order valence-corrected chi connectivity index (χ0v) is 14.3. The molecule has 0 aliphatic heterocycles. The molecule has 0 radical (unpaired) electrons. The maximum atomic E-state index is 12.3. The van der Waals surface area contributed by atoms with Gasteiger partial charge in [-0.05, 0) is 30.0 Å². The standard InChI is InChI=1S/C16H16ClN3O2S/c1-16(2)6-11-13(12(21)7-16)23-15(19-11)20-14(22)9-4-3-8(18)5-10(9)17/h3-5H,6-7,18H2,1-2H3,(H,19,20,22). The molecule has 1 aliphatic rings. The molecular weight excluding hydrogens is 334 g/mol. The van der Waals surface area contributed by atoms with Gasteiger partial charge in [0.25, 0.3) is 5.91 Å². The Morgan fingerprint density at radius 3 is 2.83 bits per heavy atom. The Morgan fingerprint density at radius 1 is 1.39 bits per heavy atom. The minimum absolute atomic E-state index is 0.0831. The Balaban J connectivity index is 1.84. The summed E-state index contributed by atoms with van der Waals surface area (Å²) in [4.78, 5) is 29.5. The van der Waals surface area contributed by atoms with Gasteiger partial charge in [-0.15, -0.1) is 0 Å². The third-order valence-corrected chi connectivity index (χ3v) is 5.06. The van der Waals surface area contributed by atoms with Crippen LogP contribution in [0.1, 0.15) is 46.0 Å². The molecule has 0 bridgehead atoms. The van der Waals surface area contributed by atoms with E-state index in [1.54, 1.807) is 12.1 Å². The van der Waals surface area contributed by atoms with Gasteiger partial charge in [0.15, 0.2) is 10.9 Å². The topological polar surface area (TPSA) is 85.1 Å². The van der Waals surface area contributed by atoms with Crippen LogP contribution in [0.3, 0.4) is 0 Å². The molecule has 0 atom stereocenters. The summed E-state index contributed by atoms with van der Waals surface area (Å²) in [7, 11) is 0. The molecule has 1 aromatic carbocycles. The molecule has 2 aromatic rings. The van der Waals surface area contributed by atoms with Crippen LogP contribution in [0.2, 0.25) is 5.02 Å². The summed E-state index contributed by atoms with van der Waals surface area (Å²) in [5.41, 5.74) is 7.09. The molecule has 3 rings (SSSR count). The molecule has 1 heterocycles. The van der Waals surface area contributed by atoms with Crippen molar-refractivity contribution in [2.75, 3.05) is 11.1 Å². The second kappa shape index (κ2) is 5.62. The quantitative estimate of drug-likeness (QED) is 0.808. The van der Waals surface area contributed by atoms with E-state index >= 15 is 0 Å². The average molecular weight is 350 g/mol. The number of nitrogens with zero attached hydrogens (tertiary/aromatic N) is 1. The Morgan fingerprint density at radius 2 is 2.13 bits per heavy atom. The molecule has 3 N–H and O–H groups in total. The molecule has 1 aromatic heterocycles. The van der Waals surface area contributed by atoms with E-state index in [0.29, 0.717) is 27.7 Å². The number of halogens is 1. The Bertz CT molecular complexity index is 814. The summed E-state index contributed by atoms with van der Waals surface area (Å²) >= 11 is 7.26. The highest BCUT2D eigenvalue weighted by Gasteiger charge is 2.34. The van der Waals surface area contributed by atoms with E-state index in [2.05, 4.69) is 10.3 Å². The monoisotopic (exact) mass is 349 g/mol. The predicted molar refractivity (Wildman–Crippen MR) is 92.4 cm³/mol. The summed E-state index contributed by atoms with van der Waals surface area (Å²) in [6.45, 7) is 4.08. The predicted octanol–water partition coefficient (Wildman–Crippen LogP) is 3.79. The molecule has 1 amide bonds. The van der Waals surface area contributed by atoms with Gasteiger partial charge in [-0.3, -0.25) is 14.9 Å². The SMILES string of the molecule is CC1(C)CC(=O)c2sc(NC(=O)c3ccc(N)cc3Cl)nc2C1. The van der Waals surface area contributed by atoms with Crippen LogP contribution < -0.4 is 11.1 Å². The number of rotatable bonds is 2. The zero-order chi connectivity index (χ0) is 16.8. The molecule has 0 spiro atoms. The smallest absolute Gasteiger partial charge is 0.258 e. The number of aromatic nitrogens is 1. The molecule has 7 heteroatoms. The van der Waals surface area contributed by atoms with Crippen LogP contribution in [0.15, 0.2) is 18.2 Å². The van der Waals surface area contributed by atoms with Gasteiger partial charge in [0.2, 0.25) is 0 Å². The Kier molecular flexibility index (Phi) is 3.90. The van der Waals surface area contributed by atoms with E-state index in [9.17, 15) is 9.59 Å². The fourth-order valence-corrected chi connectivity index (χ4v) is 3.84. The van der Waals surface area contributed by atoms with Crippen molar-refractivity contribution in [1.29, 1.82) is 0 Å². The van der Waals surface area contributed by atoms with Crippen LogP contribution >= 0.6 is 22.9 Å². The molecular formula is C16H16ClN3O2S. The number of nitrogens with two attached hydrogens (primary N) is 1.